The fraction of sp³-hybridized carbons (Fsp3) is 0.588. The predicted molar refractivity (Wildman–Crippen MR) is 92.7 cm³/mol. The van der Waals surface area contributed by atoms with Gasteiger partial charge in [-0.25, -0.2) is 4.39 Å². The van der Waals surface area contributed by atoms with Crippen LogP contribution in [-0.2, 0) is 4.79 Å². The summed E-state index contributed by atoms with van der Waals surface area (Å²) in [7, 11) is 0. The molecule has 1 saturated carbocycles. The van der Waals surface area contributed by atoms with Crippen LogP contribution in [0.4, 0.5) is 4.39 Å². The van der Waals surface area contributed by atoms with Gasteiger partial charge < -0.3 is 10.6 Å². The Labute approximate surface area is 147 Å². The molecular weight excluding hydrogens is 338 g/mol. The average molecular weight is 361 g/mol. The summed E-state index contributed by atoms with van der Waals surface area (Å²) in [5.74, 6) is -0.489. The van der Waals surface area contributed by atoms with Gasteiger partial charge in [0.1, 0.15) is 5.82 Å². The van der Waals surface area contributed by atoms with Crippen molar-refractivity contribution in [3.05, 3.63) is 34.6 Å². The van der Waals surface area contributed by atoms with Crippen LogP contribution in [0, 0.1) is 17.2 Å². The van der Waals surface area contributed by atoms with Crippen molar-refractivity contribution in [2.24, 2.45) is 11.3 Å². The highest BCUT2D eigenvalue weighted by Crippen LogP contribution is 2.50. The Balaban J connectivity index is 0.00000192. The van der Waals surface area contributed by atoms with Gasteiger partial charge in [-0.15, -0.1) is 12.4 Å². The fourth-order valence-electron chi connectivity index (χ4n) is 3.31. The molecule has 3 rings (SSSR count). The summed E-state index contributed by atoms with van der Waals surface area (Å²) in [4.78, 5) is 12.3. The lowest BCUT2D eigenvalue weighted by molar-refractivity contribution is -0.123. The third kappa shape index (κ3) is 4.17. The minimum atomic E-state index is -0.307. The number of amides is 1. The zero-order chi connectivity index (χ0) is 15.7. The fourth-order valence-corrected chi connectivity index (χ4v) is 3.61. The summed E-state index contributed by atoms with van der Waals surface area (Å²) in [6, 6.07) is 4.68. The van der Waals surface area contributed by atoms with Gasteiger partial charge in [0, 0.05) is 29.0 Å². The average Bonchev–Trinajstić information content (AvgIpc) is 3.26. The van der Waals surface area contributed by atoms with E-state index in [0.29, 0.717) is 23.6 Å². The molecule has 23 heavy (non-hydrogen) atoms. The molecule has 2 fully saturated rings. The molecule has 2 N–H and O–H groups in total. The molecule has 1 aliphatic heterocycles. The normalized spacial score (nSPS) is 25.3. The second-order valence-corrected chi connectivity index (χ2v) is 7.27. The zero-order valence-electron chi connectivity index (χ0n) is 13.2. The van der Waals surface area contributed by atoms with E-state index < -0.39 is 0 Å². The third-order valence-electron chi connectivity index (χ3n) is 5.00. The van der Waals surface area contributed by atoms with Gasteiger partial charge in [0.2, 0.25) is 5.91 Å². The van der Waals surface area contributed by atoms with Crippen LogP contribution in [-0.4, -0.2) is 25.5 Å². The van der Waals surface area contributed by atoms with E-state index in [-0.39, 0.29) is 41.4 Å². The van der Waals surface area contributed by atoms with Gasteiger partial charge in [0.25, 0.3) is 0 Å². The van der Waals surface area contributed by atoms with E-state index in [2.05, 4.69) is 17.6 Å². The van der Waals surface area contributed by atoms with Gasteiger partial charge in [-0.1, -0.05) is 24.6 Å². The van der Waals surface area contributed by atoms with Crippen LogP contribution in [0.5, 0.6) is 0 Å². The molecule has 1 aliphatic carbocycles. The topological polar surface area (TPSA) is 41.1 Å². The first-order chi connectivity index (χ1) is 10.5. The number of nitrogens with one attached hydrogen (secondary N) is 2. The van der Waals surface area contributed by atoms with Crippen molar-refractivity contribution in [3.63, 3.8) is 0 Å². The molecule has 1 heterocycles. The van der Waals surface area contributed by atoms with E-state index >= 15 is 0 Å². The van der Waals surface area contributed by atoms with Crippen LogP contribution < -0.4 is 10.6 Å². The Kier molecular flexibility index (Phi) is 5.93. The number of carbonyl (C=O) groups is 1. The van der Waals surface area contributed by atoms with Crippen molar-refractivity contribution in [1.29, 1.82) is 0 Å². The maximum atomic E-state index is 13.9. The molecule has 2 unspecified atom stereocenters. The van der Waals surface area contributed by atoms with Crippen molar-refractivity contribution >= 4 is 29.9 Å². The molecule has 1 aromatic rings. The van der Waals surface area contributed by atoms with E-state index in [0.717, 1.165) is 25.9 Å². The largest absolute Gasteiger partial charge is 0.355 e. The van der Waals surface area contributed by atoms with Crippen molar-refractivity contribution in [2.75, 3.05) is 19.6 Å². The summed E-state index contributed by atoms with van der Waals surface area (Å²) in [5.41, 5.74) is 0.665. The van der Waals surface area contributed by atoms with E-state index in [1.165, 1.54) is 6.07 Å². The Morgan fingerprint density at radius 3 is 2.78 bits per heavy atom. The van der Waals surface area contributed by atoms with Crippen LogP contribution in [0.25, 0.3) is 0 Å². The van der Waals surface area contributed by atoms with Gasteiger partial charge in [0.15, 0.2) is 0 Å². The Morgan fingerprint density at radius 2 is 2.13 bits per heavy atom. The smallest absolute Gasteiger partial charge is 0.223 e. The Morgan fingerprint density at radius 1 is 1.43 bits per heavy atom. The second kappa shape index (κ2) is 7.37. The predicted octanol–water partition coefficient (Wildman–Crippen LogP) is 3.51. The molecule has 0 spiro atoms. The summed E-state index contributed by atoms with van der Waals surface area (Å²) in [6.45, 7) is 4.92. The van der Waals surface area contributed by atoms with Crippen molar-refractivity contribution in [3.8, 4) is 0 Å². The molecule has 0 bridgehead atoms. The highest BCUT2D eigenvalue weighted by Gasteiger charge is 2.46. The number of rotatable bonds is 4. The van der Waals surface area contributed by atoms with Gasteiger partial charge in [-0.2, -0.15) is 0 Å². The maximum Gasteiger partial charge on any atom is 0.223 e. The van der Waals surface area contributed by atoms with Gasteiger partial charge in [-0.05, 0) is 49.9 Å². The lowest BCUT2D eigenvalue weighted by Gasteiger charge is -2.34. The van der Waals surface area contributed by atoms with Gasteiger partial charge in [-0.3, -0.25) is 4.79 Å². The molecule has 6 heteroatoms. The molecular formula is C17H23Cl2FN2O. The Hall–Kier alpha value is -0.840. The second-order valence-electron chi connectivity index (χ2n) is 6.86. The number of piperidine rings is 1. The lowest BCUT2D eigenvalue weighted by Crippen LogP contribution is -2.43. The molecule has 128 valence electrons. The number of halogens is 3. The molecule has 0 aromatic heterocycles. The van der Waals surface area contributed by atoms with Crippen molar-refractivity contribution < 1.29 is 9.18 Å². The van der Waals surface area contributed by atoms with E-state index in [4.69, 9.17) is 11.6 Å². The molecule has 1 aromatic carbocycles. The molecule has 2 aliphatic rings. The quantitative estimate of drug-likeness (QED) is 0.862. The van der Waals surface area contributed by atoms with E-state index in [1.807, 2.05) is 0 Å². The highest BCUT2D eigenvalue weighted by atomic mass is 35.5. The van der Waals surface area contributed by atoms with E-state index in [9.17, 15) is 9.18 Å². The maximum absolute atomic E-state index is 13.9. The van der Waals surface area contributed by atoms with Crippen LogP contribution in [0.3, 0.4) is 0 Å². The highest BCUT2D eigenvalue weighted by molar-refractivity contribution is 6.31. The summed E-state index contributed by atoms with van der Waals surface area (Å²) < 4.78 is 13.9. The molecule has 1 amide bonds. The lowest BCUT2D eigenvalue weighted by atomic mass is 9.81. The van der Waals surface area contributed by atoms with Crippen LogP contribution in [0.1, 0.15) is 37.7 Å². The van der Waals surface area contributed by atoms with E-state index in [1.54, 1.807) is 12.1 Å². The summed E-state index contributed by atoms with van der Waals surface area (Å²) in [6.07, 6.45) is 2.83. The van der Waals surface area contributed by atoms with Crippen LogP contribution in [0.2, 0.25) is 5.02 Å². The minimum Gasteiger partial charge on any atom is -0.355 e. The summed E-state index contributed by atoms with van der Waals surface area (Å²) >= 11 is 6.08. The molecule has 1 saturated heterocycles. The van der Waals surface area contributed by atoms with Gasteiger partial charge >= 0.3 is 0 Å². The number of hydrogen-bond donors (Lipinski definition) is 2. The van der Waals surface area contributed by atoms with Crippen molar-refractivity contribution in [2.45, 2.75) is 32.1 Å². The Bertz CT molecular complexity index is 555. The summed E-state index contributed by atoms with van der Waals surface area (Å²) in [5, 5.41) is 6.82. The number of benzene rings is 1. The monoisotopic (exact) mass is 360 g/mol. The first-order valence-electron chi connectivity index (χ1n) is 7.92. The first-order valence-corrected chi connectivity index (χ1v) is 8.30. The molecule has 2 atom stereocenters. The minimum absolute atomic E-state index is 0. The van der Waals surface area contributed by atoms with Crippen LogP contribution in [0.15, 0.2) is 18.2 Å². The zero-order valence-corrected chi connectivity index (χ0v) is 14.8. The first kappa shape index (κ1) is 18.5. The molecule has 3 nitrogen and oxygen atoms in total. The van der Waals surface area contributed by atoms with Crippen LogP contribution >= 0.6 is 24.0 Å². The standard InChI is InChI=1S/C17H22ClFN2O.ClH/c1-17(5-7-20-8-6-17)10-21-16(22)12-9-11(12)15-13(18)3-2-4-14(15)19;/h2-4,11-12,20H,5-10H2,1H3,(H,21,22);1H. The molecule has 0 radical (unpaired) electrons. The SMILES string of the molecule is CC1(CNC(=O)C2CC2c2c(F)cccc2Cl)CCNCC1.Cl. The number of carbonyl (C=O) groups excluding carboxylic acids is 1. The third-order valence-corrected chi connectivity index (χ3v) is 5.33. The van der Waals surface area contributed by atoms with Crippen molar-refractivity contribution in [1.82, 2.24) is 10.6 Å². The van der Waals surface area contributed by atoms with Gasteiger partial charge in [0.05, 0.1) is 0 Å². The number of hydrogen-bond acceptors (Lipinski definition) is 2.